The Labute approximate surface area is 107 Å². The standard InChI is InChI=1S/C15H19FO2/c1-10(2)14(17)9-12(15(3,4)18)11-7-5-6-8-13(11)16/h5-10,18H,1-4H3/b12-9-. The van der Waals surface area contributed by atoms with E-state index < -0.39 is 11.4 Å². The van der Waals surface area contributed by atoms with E-state index in [1.54, 1.807) is 45.9 Å². The van der Waals surface area contributed by atoms with Gasteiger partial charge >= 0.3 is 0 Å². The first-order valence-corrected chi connectivity index (χ1v) is 5.96. The molecule has 0 aliphatic rings. The SMILES string of the molecule is CC(C)C(=O)/C=C(/c1ccccc1F)C(C)(C)O. The van der Waals surface area contributed by atoms with E-state index in [0.29, 0.717) is 5.57 Å². The van der Waals surface area contributed by atoms with E-state index in [-0.39, 0.29) is 17.3 Å². The maximum atomic E-state index is 13.8. The van der Waals surface area contributed by atoms with Gasteiger partial charge in [0.1, 0.15) is 5.82 Å². The highest BCUT2D eigenvalue weighted by Gasteiger charge is 2.24. The summed E-state index contributed by atoms with van der Waals surface area (Å²) in [4.78, 5) is 11.8. The average Bonchev–Trinajstić information content (AvgIpc) is 2.25. The van der Waals surface area contributed by atoms with E-state index in [1.807, 2.05) is 0 Å². The summed E-state index contributed by atoms with van der Waals surface area (Å²) in [6.45, 7) is 6.61. The first kappa shape index (κ1) is 14.6. The van der Waals surface area contributed by atoms with Gasteiger partial charge in [-0.15, -0.1) is 0 Å². The van der Waals surface area contributed by atoms with Crippen molar-refractivity contribution >= 4 is 11.4 Å². The fourth-order valence-electron chi connectivity index (χ4n) is 1.57. The minimum Gasteiger partial charge on any atom is -0.386 e. The van der Waals surface area contributed by atoms with Crippen molar-refractivity contribution in [1.82, 2.24) is 0 Å². The quantitative estimate of drug-likeness (QED) is 0.833. The molecule has 0 amide bonds. The lowest BCUT2D eigenvalue weighted by Gasteiger charge is -2.22. The van der Waals surface area contributed by atoms with Crippen molar-refractivity contribution < 1.29 is 14.3 Å². The molecule has 3 heteroatoms. The third kappa shape index (κ3) is 3.50. The monoisotopic (exact) mass is 250 g/mol. The average molecular weight is 250 g/mol. The Hall–Kier alpha value is -1.48. The number of hydrogen-bond donors (Lipinski definition) is 1. The Kier molecular flexibility index (Phi) is 4.41. The lowest BCUT2D eigenvalue weighted by Crippen LogP contribution is -2.23. The number of carbonyl (C=O) groups excluding carboxylic acids is 1. The molecule has 1 aromatic rings. The van der Waals surface area contributed by atoms with Crippen LogP contribution >= 0.6 is 0 Å². The molecule has 0 saturated carbocycles. The van der Waals surface area contributed by atoms with Gasteiger partial charge in [-0.3, -0.25) is 4.79 Å². The lowest BCUT2D eigenvalue weighted by molar-refractivity contribution is -0.117. The number of hydrogen-bond acceptors (Lipinski definition) is 2. The molecule has 1 rings (SSSR count). The smallest absolute Gasteiger partial charge is 0.158 e. The van der Waals surface area contributed by atoms with Gasteiger partial charge < -0.3 is 5.11 Å². The molecule has 18 heavy (non-hydrogen) atoms. The topological polar surface area (TPSA) is 37.3 Å². The Morgan fingerprint density at radius 1 is 1.33 bits per heavy atom. The minimum absolute atomic E-state index is 0.129. The maximum absolute atomic E-state index is 13.8. The van der Waals surface area contributed by atoms with Gasteiger partial charge in [-0.25, -0.2) is 4.39 Å². The van der Waals surface area contributed by atoms with Gasteiger partial charge in [0.25, 0.3) is 0 Å². The van der Waals surface area contributed by atoms with Crippen molar-refractivity contribution in [2.75, 3.05) is 0 Å². The molecule has 0 bridgehead atoms. The molecule has 2 nitrogen and oxygen atoms in total. The van der Waals surface area contributed by atoms with Gasteiger partial charge in [0.15, 0.2) is 5.78 Å². The van der Waals surface area contributed by atoms with Crippen LogP contribution < -0.4 is 0 Å². The fraction of sp³-hybridized carbons (Fsp3) is 0.400. The number of aliphatic hydroxyl groups is 1. The number of allylic oxidation sites excluding steroid dienone is 1. The van der Waals surface area contributed by atoms with E-state index >= 15 is 0 Å². The third-order valence-electron chi connectivity index (χ3n) is 2.68. The molecule has 0 atom stereocenters. The van der Waals surface area contributed by atoms with Crippen LogP contribution in [-0.4, -0.2) is 16.5 Å². The summed E-state index contributed by atoms with van der Waals surface area (Å²) in [6.07, 6.45) is 1.34. The van der Waals surface area contributed by atoms with Gasteiger partial charge in [-0.1, -0.05) is 32.0 Å². The number of benzene rings is 1. The molecule has 1 N–H and O–H groups in total. The molecule has 98 valence electrons. The van der Waals surface area contributed by atoms with Gasteiger partial charge in [0.2, 0.25) is 0 Å². The molecule has 0 aromatic heterocycles. The summed E-state index contributed by atoms with van der Waals surface area (Å²) in [5.74, 6) is -0.757. The first-order chi connectivity index (χ1) is 8.23. The summed E-state index contributed by atoms with van der Waals surface area (Å²) >= 11 is 0. The molecule has 0 unspecified atom stereocenters. The van der Waals surface area contributed by atoms with Crippen LogP contribution in [0, 0.1) is 11.7 Å². The van der Waals surface area contributed by atoms with Crippen LogP contribution in [0.3, 0.4) is 0 Å². The highest BCUT2D eigenvalue weighted by atomic mass is 19.1. The van der Waals surface area contributed by atoms with E-state index in [9.17, 15) is 14.3 Å². The molecular weight excluding hydrogens is 231 g/mol. The van der Waals surface area contributed by atoms with Crippen molar-refractivity contribution in [3.05, 3.63) is 41.7 Å². The van der Waals surface area contributed by atoms with Crippen LogP contribution in [0.4, 0.5) is 4.39 Å². The van der Waals surface area contributed by atoms with E-state index in [4.69, 9.17) is 0 Å². The molecular formula is C15H19FO2. The molecule has 0 heterocycles. The number of ketones is 1. The van der Waals surface area contributed by atoms with Gasteiger partial charge in [0, 0.05) is 11.5 Å². The zero-order chi connectivity index (χ0) is 13.9. The predicted octanol–water partition coefficient (Wildman–Crippen LogP) is 3.21. The number of halogens is 1. The second-order valence-electron chi connectivity index (χ2n) is 5.15. The second kappa shape index (κ2) is 5.44. The Bertz CT molecular complexity index is 468. The summed E-state index contributed by atoms with van der Waals surface area (Å²) in [5, 5.41) is 10.1. The zero-order valence-corrected chi connectivity index (χ0v) is 11.2. The van der Waals surface area contributed by atoms with Crippen LogP contribution in [0.25, 0.3) is 5.57 Å². The van der Waals surface area contributed by atoms with Crippen LogP contribution in [0.5, 0.6) is 0 Å². The molecule has 0 aliphatic heterocycles. The van der Waals surface area contributed by atoms with E-state index in [1.165, 1.54) is 12.1 Å². The predicted molar refractivity (Wildman–Crippen MR) is 70.5 cm³/mol. The normalized spacial score (nSPS) is 12.9. The van der Waals surface area contributed by atoms with Crippen LogP contribution in [0.2, 0.25) is 0 Å². The highest BCUT2D eigenvalue weighted by molar-refractivity contribution is 5.99. The maximum Gasteiger partial charge on any atom is 0.158 e. The zero-order valence-electron chi connectivity index (χ0n) is 11.2. The molecule has 0 spiro atoms. The highest BCUT2D eigenvalue weighted by Crippen LogP contribution is 2.29. The molecule has 0 saturated heterocycles. The van der Waals surface area contributed by atoms with Crippen molar-refractivity contribution in [2.45, 2.75) is 33.3 Å². The van der Waals surface area contributed by atoms with Gasteiger partial charge in [-0.2, -0.15) is 0 Å². The van der Waals surface area contributed by atoms with Crippen LogP contribution in [-0.2, 0) is 4.79 Å². The van der Waals surface area contributed by atoms with Gasteiger partial charge in [-0.05, 0) is 31.6 Å². The summed E-state index contributed by atoms with van der Waals surface area (Å²) in [5.41, 5.74) is -0.703. The van der Waals surface area contributed by atoms with Gasteiger partial charge in [0.05, 0.1) is 5.60 Å². The molecule has 1 aromatic carbocycles. The third-order valence-corrected chi connectivity index (χ3v) is 2.68. The lowest BCUT2D eigenvalue weighted by atomic mass is 9.89. The largest absolute Gasteiger partial charge is 0.386 e. The second-order valence-corrected chi connectivity index (χ2v) is 5.15. The Balaban J connectivity index is 3.33. The van der Waals surface area contributed by atoms with Crippen LogP contribution in [0.1, 0.15) is 33.3 Å². The van der Waals surface area contributed by atoms with Crippen LogP contribution in [0.15, 0.2) is 30.3 Å². The molecule has 0 radical (unpaired) electrons. The fourth-order valence-corrected chi connectivity index (χ4v) is 1.57. The van der Waals surface area contributed by atoms with Crippen molar-refractivity contribution in [3.63, 3.8) is 0 Å². The van der Waals surface area contributed by atoms with E-state index in [0.717, 1.165) is 0 Å². The first-order valence-electron chi connectivity index (χ1n) is 5.96. The summed E-state index contributed by atoms with van der Waals surface area (Å²) in [7, 11) is 0. The molecule has 0 fully saturated rings. The summed E-state index contributed by atoms with van der Waals surface area (Å²) in [6, 6.07) is 6.13. The number of carbonyl (C=O) groups is 1. The van der Waals surface area contributed by atoms with E-state index in [2.05, 4.69) is 0 Å². The Morgan fingerprint density at radius 2 is 1.89 bits per heavy atom. The Morgan fingerprint density at radius 3 is 2.33 bits per heavy atom. The minimum atomic E-state index is -1.27. The van der Waals surface area contributed by atoms with Crippen molar-refractivity contribution in [1.29, 1.82) is 0 Å². The molecule has 0 aliphatic carbocycles. The number of rotatable bonds is 4. The van der Waals surface area contributed by atoms with Crippen molar-refractivity contribution in [3.8, 4) is 0 Å². The summed E-state index contributed by atoms with van der Waals surface area (Å²) < 4.78 is 13.8. The van der Waals surface area contributed by atoms with Crippen molar-refractivity contribution in [2.24, 2.45) is 5.92 Å².